The number of fused-ring (bicyclic) bond motifs is 1. The van der Waals surface area contributed by atoms with Crippen molar-refractivity contribution in [3.05, 3.63) is 55.9 Å². The van der Waals surface area contributed by atoms with Gasteiger partial charge in [-0.2, -0.15) is 9.50 Å². The van der Waals surface area contributed by atoms with E-state index in [1.807, 2.05) is 6.07 Å². The Hall–Kier alpha value is -2.05. The first-order chi connectivity index (χ1) is 11.4. The van der Waals surface area contributed by atoms with Crippen molar-refractivity contribution in [2.45, 2.75) is 26.8 Å². The van der Waals surface area contributed by atoms with Crippen LogP contribution in [0.25, 0.3) is 5.78 Å². The molecule has 3 rings (SSSR count). The molecule has 0 spiro atoms. The van der Waals surface area contributed by atoms with E-state index in [9.17, 15) is 4.79 Å². The van der Waals surface area contributed by atoms with Crippen LogP contribution in [0.4, 0.5) is 5.95 Å². The van der Waals surface area contributed by atoms with Crippen LogP contribution in [0.15, 0.2) is 29.1 Å². The average molecular weight is 366 g/mol. The molecule has 0 saturated heterocycles. The van der Waals surface area contributed by atoms with Crippen molar-refractivity contribution in [3.63, 3.8) is 0 Å². The van der Waals surface area contributed by atoms with Crippen molar-refractivity contribution < 1.29 is 0 Å². The first-order valence-electron chi connectivity index (χ1n) is 7.59. The average Bonchev–Trinajstić information content (AvgIpc) is 2.89. The van der Waals surface area contributed by atoms with E-state index in [1.54, 1.807) is 12.1 Å². The number of nitrogens with zero attached hydrogens (tertiary/aromatic N) is 3. The van der Waals surface area contributed by atoms with Crippen LogP contribution >= 0.6 is 23.2 Å². The normalized spacial score (nSPS) is 11.4. The summed E-state index contributed by atoms with van der Waals surface area (Å²) in [5.74, 6) is 1.22. The van der Waals surface area contributed by atoms with Gasteiger partial charge >= 0.3 is 0 Å². The third-order valence-electron chi connectivity index (χ3n) is 3.46. The summed E-state index contributed by atoms with van der Waals surface area (Å²) in [5, 5.41) is 7.15. The molecule has 0 aliphatic rings. The number of hydrogen-bond donors (Lipinski definition) is 2. The number of benzene rings is 1. The minimum atomic E-state index is -0.180. The number of rotatable bonds is 5. The quantitative estimate of drug-likeness (QED) is 0.724. The molecule has 0 bridgehead atoms. The van der Waals surface area contributed by atoms with E-state index in [-0.39, 0.29) is 5.56 Å². The highest BCUT2D eigenvalue weighted by Gasteiger charge is 2.09. The molecule has 0 atom stereocenters. The summed E-state index contributed by atoms with van der Waals surface area (Å²) < 4.78 is 1.32. The summed E-state index contributed by atoms with van der Waals surface area (Å²) in [6.45, 7) is 4.61. The van der Waals surface area contributed by atoms with E-state index < -0.39 is 0 Å². The van der Waals surface area contributed by atoms with Crippen molar-refractivity contribution in [3.8, 4) is 0 Å². The standard InChI is InChI=1S/C16H17Cl2N5O/c1-9(2)5-12-7-14(24)23-16(20-12)21-15(22-23)19-8-10-3-4-11(17)6-13(10)18/h3-4,6-7,9H,5,8H2,1-2H3,(H2,19,20,21,22). The van der Waals surface area contributed by atoms with Gasteiger partial charge < -0.3 is 5.32 Å². The Morgan fingerprint density at radius 1 is 1.25 bits per heavy atom. The zero-order valence-corrected chi connectivity index (χ0v) is 14.8. The zero-order chi connectivity index (χ0) is 17.3. The fourth-order valence-electron chi connectivity index (χ4n) is 2.37. The largest absolute Gasteiger partial charge is 0.350 e. The van der Waals surface area contributed by atoms with Gasteiger partial charge in [0.2, 0.25) is 5.95 Å². The van der Waals surface area contributed by atoms with Gasteiger partial charge in [0, 0.05) is 22.7 Å². The Bertz CT molecular complexity index is 932. The van der Waals surface area contributed by atoms with Gasteiger partial charge in [0.25, 0.3) is 11.3 Å². The van der Waals surface area contributed by atoms with Crippen LogP contribution in [-0.2, 0) is 13.0 Å². The molecule has 1 aromatic carbocycles. The van der Waals surface area contributed by atoms with Gasteiger partial charge in [-0.1, -0.05) is 43.1 Å². The number of aromatic nitrogens is 4. The highest BCUT2D eigenvalue weighted by molar-refractivity contribution is 6.35. The van der Waals surface area contributed by atoms with E-state index in [4.69, 9.17) is 23.2 Å². The molecule has 24 heavy (non-hydrogen) atoms. The lowest BCUT2D eigenvalue weighted by atomic mass is 10.1. The molecule has 0 aliphatic heterocycles. The maximum absolute atomic E-state index is 12.1. The van der Waals surface area contributed by atoms with Crippen LogP contribution < -0.4 is 10.9 Å². The van der Waals surface area contributed by atoms with E-state index in [0.29, 0.717) is 34.2 Å². The van der Waals surface area contributed by atoms with E-state index in [0.717, 1.165) is 17.7 Å². The van der Waals surface area contributed by atoms with Gasteiger partial charge in [-0.25, -0.2) is 4.98 Å². The molecule has 6 nitrogen and oxygen atoms in total. The SMILES string of the molecule is CC(C)Cc1cc(=O)n2[nH]c(NCc3ccc(Cl)cc3Cl)nc2n1. The third-order valence-corrected chi connectivity index (χ3v) is 4.05. The van der Waals surface area contributed by atoms with E-state index in [2.05, 4.69) is 34.2 Å². The Balaban J connectivity index is 1.82. The van der Waals surface area contributed by atoms with Gasteiger partial charge in [0.05, 0.1) is 5.69 Å². The fraction of sp³-hybridized carbons (Fsp3) is 0.312. The second kappa shape index (κ2) is 6.83. The maximum atomic E-state index is 12.1. The molecule has 0 radical (unpaired) electrons. The van der Waals surface area contributed by atoms with Gasteiger partial charge in [0.15, 0.2) is 0 Å². The maximum Gasteiger partial charge on any atom is 0.274 e. The molecule has 2 heterocycles. The van der Waals surface area contributed by atoms with Crippen molar-refractivity contribution in [2.24, 2.45) is 5.92 Å². The first kappa shape index (κ1) is 16.8. The molecule has 3 aromatic rings. The van der Waals surface area contributed by atoms with Gasteiger partial charge in [-0.05, 0) is 30.0 Å². The topological polar surface area (TPSA) is 75.1 Å². The van der Waals surface area contributed by atoms with E-state index in [1.165, 1.54) is 10.6 Å². The molecule has 0 saturated carbocycles. The number of halogens is 2. The summed E-state index contributed by atoms with van der Waals surface area (Å²) in [7, 11) is 0. The summed E-state index contributed by atoms with van der Waals surface area (Å²) >= 11 is 12.0. The number of anilines is 1. The smallest absolute Gasteiger partial charge is 0.274 e. The molecule has 0 amide bonds. The van der Waals surface area contributed by atoms with Crippen LogP contribution in [0.1, 0.15) is 25.1 Å². The summed E-state index contributed by atoms with van der Waals surface area (Å²) in [6.07, 6.45) is 0.738. The number of aromatic amines is 1. The number of hydrogen-bond acceptors (Lipinski definition) is 4. The predicted octanol–water partition coefficient (Wildman–Crippen LogP) is 3.54. The summed E-state index contributed by atoms with van der Waals surface area (Å²) in [6, 6.07) is 6.83. The lowest BCUT2D eigenvalue weighted by Gasteiger charge is -2.05. The third kappa shape index (κ3) is 3.71. The summed E-state index contributed by atoms with van der Waals surface area (Å²) in [5.41, 5.74) is 1.44. The molecular formula is C16H17Cl2N5O. The molecule has 8 heteroatoms. The molecule has 2 N–H and O–H groups in total. The van der Waals surface area contributed by atoms with Gasteiger partial charge in [-0.15, -0.1) is 0 Å². The van der Waals surface area contributed by atoms with Crippen LogP contribution in [0.2, 0.25) is 10.0 Å². The van der Waals surface area contributed by atoms with Crippen LogP contribution in [-0.4, -0.2) is 19.6 Å². The highest BCUT2D eigenvalue weighted by Crippen LogP contribution is 2.21. The second-order valence-corrected chi connectivity index (χ2v) is 6.82. The Labute approximate surface area is 148 Å². The van der Waals surface area contributed by atoms with Crippen LogP contribution in [0.3, 0.4) is 0 Å². The monoisotopic (exact) mass is 365 g/mol. The first-order valence-corrected chi connectivity index (χ1v) is 8.34. The zero-order valence-electron chi connectivity index (χ0n) is 13.3. The van der Waals surface area contributed by atoms with Crippen LogP contribution in [0.5, 0.6) is 0 Å². The molecular weight excluding hydrogens is 349 g/mol. The molecule has 2 aromatic heterocycles. The van der Waals surface area contributed by atoms with E-state index >= 15 is 0 Å². The molecule has 0 fully saturated rings. The van der Waals surface area contributed by atoms with Gasteiger partial charge in [0.1, 0.15) is 0 Å². The van der Waals surface area contributed by atoms with Gasteiger partial charge in [-0.3, -0.25) is 9.89 Å². The Morgan fingerprint density at radius 2 is 2.04 bits per heavy atom. The van der Waals surface area contributed by atoms with Crippen LogP contribution in [0, 0.1) is 5.92 Å². The molecule has 0 aliphatic carbocycles. The number of nitrogens with one attached hydrogen (secondary N) is 2. The minimum absolute atomic E-state index is 0.180. The van der Waals surface area contributed by atoms with Crippen molar-refractivity contribution in [1.29, 1.82) is 0 Å². The van der Waals surface area contributed by atoms with Crippen molar-refractivity contribution in [2.75, 3.05) is 5.32 Å². The number of H-pyrrole nitrogens is 1. The lowest BCUT2D eigenvalue weighted by molar-refractivity contribution is 0.633. The molecule has 0 unspecified atom stereocenters. The lowest BCUT2D eigenvalue weighted by Crippen LogP contribution is -2.16. The predicted molar refractivity (Wildman–Crippen MR) is 95.9 cm³/mol. The Kier molecular flexibility index (Phi) is 4.78. The summed E-state index contributed by atoms with van der Waals surface area (Å²) in [4.78, 5) is 20.9. The molecule has 126 valence electrons. The minimum Gasteiger partial charge on any atom is -0.350 e. The van der Waals surface area contributed by atoms with Crippen molar-refractivity contribution >= 4 is 34.9 Å². The fourth-order valence-corrected chi connectivity index (χ4v) is 2.85. The highest BCUT2D eigenvalue weighted by atomic mass is 35.5. The van der Waals surface area contributed by atoms with Crippen molar-refractivity contribution in [1.82, 2.24) is 19.6 Å². The second-order valence-electron chi connectivity index (χ2n) is 5.98. The Morgan fingerprint density at radius 3 is 2.75 bits per heavy atom.